The highest BCUT2D eigenvalue weighted by Gasteiger charge is 2.65. The number of nitrogens with zero attached hydrogens (tertiary/aromatic N) is 5. The number of ether oxygens (including phenoxy) is 3. The molecule has 2 fully saturated rings. The number of anilines is 1. The van der Waals surface area contributed by atoms with Crippen molar-refractivity contribution in [2.24, 2.45) is 0 Å². The van der Waals surface area contributed by atoms with Crippen LogP contribution >= 0.6 is 11.6 Å². The van der Waals surface area contributed by atoms with Crippen molar-refractivity contribution in [3.05, 3.63) is 119 Å². The van der Waals surface area contributed by atoms with Crippen LogP contribution in [0.3, 0.4) is 0 Å². The van der Waals surface area contributed by atoms with Crippen LogP contribution in [0.5, 0.6) is 5.75 Å². The number of rotatable bonds is 9. The van der Waals surface area contributed by atoms with Gasteiger partial charge in [-0.3, -0.25) is 14.6 Å². The predicted octanol–water partition coefficient (Wildman–Crippen LogP) is 5.44. The van der Waals surface area contributed by atoms with Gasteiger partial charge in [-0.25, -0.2) is 17.7 Å². The lowest BCUT2D eigenvalue weighted by Gasteiger charge is -2.40. The summed E-state index contributed by atoms with van der Waals surface area (Å²) in [6.45, 7) is 4.95. The minimum Gasteiger partial charge on any atom is -0.497 e. The Morgan fingerprint density at radius 1 is 1.02 bits per heavy atom. The molecule has 3 atom stereocenters. The highest BCUT2D eigenvalue weighted by molar-refractivity contribution is 7.93. The third-order valence-electron chi connectivity index (χ3n) is 10.3. The van der Waals surface area contributed by atoms with E-state index in [1.165, 1.54) is 31.8 Å². The van der Waals surface area contributed by atoms with Crippen LogP contribution in [0.15, 0.2) is 101 Å². The van der Waals surface area contributed by atoms with E-state index >= 15 is 4.79 Å². The van der Waals surface area contributed by atoms with Gasteiger partial charge in [0.25, 0.3) is 22.2 Å². The minimum absolute atomic E-state index is 0.0766. The molecule has 51 heavy (non-hydrogen) atoms. The monoisotopic (exact) mass is 731 g/mol. The van der Waals surface area contributed by atoms with E-state index in [-0.39, 0.29) is 16.3 Å². The number of sulfonamides is 1. The number of aromatic nitrogens is 1. The number of hydrogen-bond acceptors (Lipinski definition) is 11. The molecule has 8 rings (SSSR count). The van der Waals surface area contributed by atoms with Crippen LogP contribution in [0.25, 0.3) is 0 Å². The molecule has 2 saturated heterocycles. The summed E-state index contributed by atoms with van der Waals surface area (Å²) in [6.07, 6.45) is 4.92. The molecular weight excluding hydrogens is 694 g/mol. The molecule has 3 unspecified atom stereocenters. The molecule has 5 heterocycles. The van der Waals surface area contributed by atoms with Gasteiger partial charge in [-0.05, 0) is 67.9 Å². The van der Waals surface area contributed by atoms with E-state index in [1.54, 1.807) is 36.5 Å². The Bertz CT molecular complexity index is 2070. The van der Waals surface area contributed by atoms with Gasteiger partial charge < -0.3 is 23.5 Å². The first kappa shape index (κ1) is 33.7. The van der Waals surface area contributed by atoms with Crippen molar-refractivity contribution in [1.29, 1.82) is 0 Å². The van der Waals surface area contributed by atoms with Crippen molar-refractivity contribution < 1.29 is 31.8 Å². The van der Waals surface area contributed by atoms with Gasteiger partial charge >= 0.3 is 0 Å². The predicted molar refractivity (Wildman–Crippen MR) is 188 cm³/mol. The lowest BCUT2D eigenvalue weighted by Crippen LogP contribution is -2.55. The minimum atomic E-state index is -4.45. The number of oxazole rings is 1. The fraction of sp³-hybridized carbons (Fsp3) is 0.351. The average molecular weight is 732 g/mol. The van der Waals surface area contributed by atoms with Gasteiger partial charge in [-0.15, -0.1) is 0 Å². The van der Waals surface area contributed by atoms with E-state index in [9.17, 15) is 8.42 Å². The highest BCUT2D eigenvalue weighted by atomic mass is 35.5. The van der Waals surface area contributed by atoms with Crippen LogP contribution < -0.4 is 9.04 Å². The Morgan fingerprint density at radius 2 is 1.80 bits per heavy atom. The first-order valence-corrected chi connectivity index (χ1v) is 18.7. The lowest BCUT2D eigenvalue weighted by molar-refractivity contribution is -0.132. The number of piperazine rings is 1. The van der Waals surface area contributed by atoms with Gasteiger partial charge in [0.05, 0.1) is 29.9 Å². The molecule has 4 aliphatic rings. The Hall–Kier alpha value is -4.40. The van der Waals surface area contributed by atoms with Crippen LogP contribution in [0.4, 0.5) is 5.69 Å². The van der Waals surface area contributed by atoms with Gasteiger partial charge in [0.2, 0.25) is 5.89 Å². The van der Waals surface area contributed by atoms with Crippen molar-refractivity contribution in [2.45, 2.75) is 42.2 Å². The third-order valence-corrected chi connectivity index (χ3v) is 12.2. The molecule has 0 saturated carbocycles. The summed E-state index contributed by atoms with van der Waals surface area (Å²) in [7, 11) is -0.823. The van der Waals surface area contributed by atoms with E-state index in [0.717, 1.165) is 41.6 Å². The Labute approximate surface area is 301 Å². The van der Waals surface area contributed by atoms with Crippen molar-refractivity contribution >= 4 is 33.2 Å². The molecule has 0 radical (unpaired) electrons. The lowest BCUT2D eigenvalue weighted by atomic mass is 9.86. The summed E-state index contributed by atoms with van der Waals surface area (Å²) in [5.74, 6) is 0.305. The zero-order valence-electron chi connectivity index (χ0n) is 28.3. The summed E-state index contributed by atoms with van der Waals surface area (Å²) in [5, 5.41) is 0.329. The summed E-state index contributed by atoms with van der Waals surface area (Å²) >= 11 is 6.67. The SMILES string of the molecule is COc1ccc(S(=O)(=O)N2C(=O)C(C3=COC(c4ccccc4CN4CCN(C)CC4)O3)(N3CCCC3c3ncco3)c3cc(Cl)ccc32)cc1. The van der Waals surface area contributed by atoms with Crippen molar-refractivity contribution in [3.8, 4) is 5.75 Å². The van der Waals surface area contributed by atoms with Crippen LogP contribution in [0.2, 0.25) is 5.02 Å². The van der Waals surface area contributed by atoms with Gasteiger partial charge in [-0.1, -0.05) is 35.9 Å². The zero-order chi connectivity index (χ0) is 35.3. The van der Waals surface area contributed by atoms with Crippen molar-refractivity contribution in [3.63, 3.8) is 0 Å². The van der Waals surface area contributed by atoms with Crippen LogP contribution in [-0.2, 0) is 36.4 Å². The number of carbonyl (C=O) groups excluding carboxylic acids is 1. The van der Waals surface area contributed by atoms with Crippen LogP contribution in [-0.4, -0.2) is 80.9 Å². The molecule has 3 aromatic carbocycles. The van der Waals surface area contributed by atoms with E-state index in [4.69, 9.17) is 30.2 Å². The van der Waals surface area contributed by atoms with Gasteiger partial charge in [0, 0.05) is 55.4 Å². The Balaban J connectivity index is 1.24. The van der Waals surface area contributed by atoms with E-state index in [2.05, 4.69) is 27.9 Å². The number of carbonyl (C=O) groups is 1. The summed E-state index contributed by atoms with van der Waals surface area (Å²) in [6, 6.07) is 18.2. The molecule has 0 spiro atoms. The second-order valence-electron chi connectivity index (χ2n) is 13.2. The van der Waals surface area contributed by atoms with Crippen LogP contribution in [0.1, 0.15) is 47.8 Å². The number of fused-ring (bicyclic) bond motifs is 1. The molecule has 266 valence electrons. The number of halogens is 1. The number of likely N-dealkylation sites (N-methyl/N-ethyl adjacent to an activating group) is 1. The first-order chi connectivity index (χ1) is 24.7. The Kier molecular flexibility index (Phi) is 8.79. The summed E-state index contributed by atoms with van der Waals surface area (Å²) < 4.78 is 54.1. The van der Waals surface area contributed by atoms with Crippen LogP contribution in [0, 0.1) is 0 Å². The molecule has 12 nitrogen and oxygen atoms in total. The fourth-order valence-corrected chi connectivity index (χ4v) is 9.31. The first-order valence-electron chi connectivity index (χ1n) is 16.9. The highest BCUT2D eigenvalue weighted by Crippen LogP contribution is 2.57. The number of amides is 1. The molecule has 0 bridgehead atoms. The van der Waals surface area contributed by atoms with Crippen molar-refractivity contribution in [2.75, 3.05) is 51.2 Å². The molecular formula is C37H38ClN5O7S. The van der Waals surface area contributed by atoms with E-state index in [0.29, 0.717) is 48.2 Å². The molecule has 1 amide bonds. The quantitative estimate of drug-likeness (QED) is 0.219. The Morgan fingerprint density at radius 3 is 2.55 bits per heavy atom. The third kappa shape index (κ3) is 5.67. The van der Waals surface area contributed by atoms with Crippen molar-refractivity contribution in [1.82, 2.24) is 19.7 Å². The normalized spacial score (nSPS) is 24.3. The zero-order valence-corrected chi connectivity index (χ0v) is 29.8. The smallest absolute Gasteiger partial charge is 0.274 e. The van der Waals surface area contributed by atoms with Gasteiger partial charge in [-0.2, -0.15) is 0 Å². The largest absolute Gasteiger partial charge is 0.497 e. The number of hydrogen-bond donors (Lipinski definition) is 0. The topological polar surface area (TPSA) is 118 Å². The number of methoxy groups -OCH3 is 1. The maximum Gasteiger partial charge on any atom is 0.274 e. The fourth-order valence-electron chi connectivity index (χ4n) is 7.68. The second-order valence-corrected chi connectivity index (χ2v) is 15.4. The average Bonchev–Trinajstić information content (AvgIpc) is 3.96. The molecule has 4 aromatic rings. The van der Waals surface area contributed by atoms with E-state index in [1.807, 2.05) is 23.1 Å². The van der Waals surface area contributed by atoms with Gasteiger partial charge in [0.15, 0.2) is 11.3 Å². The summed E-state index contributed by atoms with van der Waals surface area (Å²) in [4.78, 5) is 26.4. The summed E-state index contributed by atoms with van der Waals surface area (Å²) in [5.41, 5.74) is 0.595. The molecule has 4 aliphatic heterocycles. The van der Waals surface area contributed by atoms with E-state index < -0.39 is 33.8 Å². The standard InChI is InChI=1S/C37H38ClN5O7S/c1-40-17-19-41(20-18-40)23-25-6-3-4-7-29(25)35-49-24-33(50-35)37(42-16-5-8-32(42)34-39-15-21-48-34)30-22-26(38)9-14-31(30)43(36(37)44)51(45,46)28-12-10-27(47-2)11-13-28/h3-4,6-7,9-15,21-22,24,32,35H,5,8,16-20,23H2,1-2H3. The second kappa shape index (κ2) is 13.3. The maximum absolute atomic E-state index is 15.4. The van der Waals surface area contributed by atoms with Gasteiger partial charge in [0.1, 0.15) is 18.3 Å². The molecule has 0 N–H and O–H groups in total. The maximum atomic E-state index is 15.4. The number of likely N-dealkylation sites (tertiary alicyclic amines) is 1. The molecule has 14 heteroatoms. The molecule has 1 aromatic heterocycles. The number of benzene rings is 3. The molecule has 0 aliphatic carbocycles.